The highest BCUT2D eigenvalue weighted by Gasteiger charge is 2.26. The van der Waals surface area contributed by atoms with Crippen LogP contribution >= 0.6 is 15.9 Å². The Morgan fingerprint density at radius 3 is 2.53 bits per heavy atom. The zero-order chi connectivity index (χ0) is 12.4. The maximum atomic E-state index is 12.3. The normalized spacial score (nSPS) is 24.8. The van der Waals surface area contributed by atoms with Crippen LogP contribution in [-0.4, -0.2) is 28.9 Å². The molecule has 2 atom stereocenters. The quantitative estimate of drug-likeness (QED) is 0.798. The molecule has 1 aliphatic heterocycles. The fraction of sp³-hybridized carbons (Fsp3) is 0.538. The van der Waals surface area contributed by atoms with Gasteiger partial charge in [0, 0.05) is 23.8 Å². The van der Waals surface area contributed by atoms with E-state index in [1.54, 1.807) is 12.3 Å². The van der Waals surface area contributed by atoms with Gasteiger partial charge in [0.05, 0.1) is 0 Å². The van der Waals surface area contributed by atoms with E-state index in [9.17, 15) is 4.79 Å². The molecule has 2 heterocycles. The smallest absolute Gasteiger partial charge is 0.272 e. The van der Waals surface area contributed by atoms with Crippen LogP contribution < -0.4 is 0 Å². The predicted octanol–water partition coefficient (Wildman–Crippen LogP) is 2.96. The third-order valence-corrected chi connectivity index (χ3v) is 3.57. The van der Waals surface area contributed by atoms with Crippen LogP contribution in [0.4, 0.5) is 0 Å². The number of pyridine rings is 1. The van der Waals surface area contributed by atoms with Gasteiger partial charge in [-0.3, -0.25) is 4.79 Å². The first-order valence-electron chi connectivity index (χ1n) is 5.97. The Kier molecular flexibility index (Phi) is 3.82. The maximum absolute atomic E-state index is 12.3. The van der Waals surface area contributed by atoms with Crippen molar-refractivity contribution in [3.63, 3.8) is 0 Å². The molecule has 1 aromatic rings. The van der Waals surface area contributed by atoms with Crippen molar-refractivity contribution in [3.05, 3.63) is 28.5 Å². The second-order valence-electron chi connectivity index (χ2n) is 5.02. The fourth-order valence-electron chi connectivity index (χ4n) is 2.49. The number of hydrogen-bond donors (Lipinski definition) is 0. The minimum atomic E-state index is 0.0518. The van der Waals surface area contributed by atoms with E-state index in [0.29, 0.717) is 17.5 Å². The second-order valence-corrected chi connectivity index (χ2v) is 5.93. The van der Waals surface area contributed by atoms with Crippen molar-refractivity contribution in [3.8, 4) is 0 Å². The molecule has 0 bridgehead atoms. The minimum absolute atomic E-state index is 0.0518. The van der Waals surface area contributed by atoms with Gasteiger partial charge in [-0.2, -0.15) is 0 Å². The van der Waals surface area contributed by atoms with E-state index in [4.69, 9.17) is 0 Å². The van der Waals surface area contributed by atoms with E-state index >= 15 is 0 Å². The zero-order valence-corrected chi connectivity index (χ0v) is 11.8. The van der Waals surface area contributed by atoms with Gasteiger partial charge in [0.15, 0.2) is 0 Å². The number of carbonyl (C=O) groups is 1. The summed E-state index contributed by atoms with van der Waals surface area (Å²) in [5.74, 6) is 1.21. The molecule has 1 aromatic heterocycles. The number of likely N-dealkylation sites (tertiary alicyclic amines) is 1. The Hall–Kier alpha value is -0.900. The summed E-state index contributed by atoms with van der Waals surface area (Å²) in [5.41, 5.74) is 0.537. The van der Waals surface area contributed by atoms with E-state index in [-0.39, 0.29) is 5.91 Å². The van der Waals surface area contributed by atoms with E-state index in [2.05, 4.69) is 34.8 Å². The molecular formula is C13H17BrN2O. The molecule has 1 saturated heterocycles. The SMILES string of the molecule is CC1CC(C)CN(C(=O)c2ccc(Br)cn2)C1. The molecule has 17 heavy (non-hydrogen) atoms. The molecule has 4 heteroatoms. The number of rotatable bonds is 1. The Labute approximate surface area is 110 Å². The van der Waals surface area contributed by atoms with Crippen LogP contribution in [0.1, 0.15) is 30.8 Å². The third-order valence-electron chi connectivity index (χ3n) is 3.10. The molecule has 0 N–H and O–H groups in total. The van der Waals surface area contributed by atoms with Crippen molar-refractivity contribution in [1.82, 2.24) is 9.88 Å². The van der Waals surface area contributed by atoms with Crippen molar-refractivity contribution < 1.29 is 4.79 Å². The second kappa shape index (κ2) is 5.17. The molecule has 0 saturated carbocycles. The van der Waals surface area contributed by atoms with Gasteiger partial charge in [-0.25, -0.2) is 4.98 Å². The van der Waals surface area contributed by atoms with Gasteiger partial charge in [-0.05, 0) is 46.3 Å². The number of halogens is 1. The van der Waals surface area contributed by atoms with Crippen LogP contribution in [-0.2, 0) is 0 Å². The summed E-state index contributed by atoms with van der Waals surface area (Å²) in [4.78, 5) is 18.3. The topological polar surface area (TPSA) is 33.2 Å². The van der Waals surface area contributed by atoms with Gasteiger partial charge in [-0.1, -0.05) is 13.8 Å². The Balaban J connectivity index is 2.11. The monoisotopic (exact) mass is 296 g/mol. The predicted molar refractivity (Wildman–Crippen MR) is 70.8 cm³/mol. The lowest BCUT2D eigenvalue weighted by molar-refractivity contribution is 0.0617. The largest absolute Gasteiger partial charge is 0.337 e. The van der Waals surface area contributed by atoms with Crippen LogP contribution in [0.25, 0.3) is 0 Å². The number of aromatic nitrogens is 1. The summed E-state index contributed by atoms with van der Waals surface area (Å²) >= 11 is 3.32. The summed E-state index contributed by atoms with van der Waals surface area (Å²) in [7, 11) is 0. The molecule has 3 nitrogen and oxygen atoms in total. The molecule has 0 aliphatic carbocycles. The van der Waals surface area contributed by atoms with E-state index in [1.165, 1.54) is 6.42 Å². The van der Waals surface area contributed by atoms with Crippen molar-refractivity contribution in [2.45, 2.75) is 20.3 Å². The summed E-state index contributed by atoms with van der Waals surface area (Å²) in [6, 6.07) is 3.63. The highest BCUT2D eigenvalue weighted by molar-refractivity contribution is 9.10. The van der Waals surface area contributed by atoms with Crippen LogP contribution in [0.15, 0.2) is 22.8 Å². The lowest BCUT2D eigenvalue weighted by atomic mass is 9.92. The van der Waals surface area contributed by atoms with Gasteiger partial charge >= 0.3 is 0 Å². The number of piperidine rings is 1. The molecule has 1 fully saturated rings. The highest BCUT2D eigenvalue weighted by atomic mass is 79.9. The highest BCUT2D eigenvalue weighted by Crippen LogP contribution is 2.22. The molecule has 92 valence electrons. The average molecular weight is 297 g/mol. The summed E-state index contributed by atoms with van der Waals surface area (Å²) < 4.78 is 0.898. The lowest BCUT2D eigenvalue weighted by Gasteiger charge is -2.34. The van der Waals surface area contributed by atoms with Crippen LogP contribution in [0.5, 0.6) is 0 Å². The molecule has 0 spiro atoms. The van der Waals surface area contributed by atoms with Gasteiger partial charge in [0.25, 0.3) is 5.91 Å². The van der Waals surface area contributed by atoms with Crippen molar-refractivity contribution in [2.75, 3.05) is 13.1 Å². The van der Waals surface area contributed by atoms with Crippen molar-refractivity contribution >= 4 is 21.8 Å². The molecule has 2 unspecified atom stereocenters. The minimum Gasteiger partial charge on any atom is -0.337 e. The summed E-state index contributed by atoms with van der Waals surface area (Å²) in [5, 5.41) is 0. The van der Waals surface area contributed by atoms with E-state index < -0.39 is 0 Å². The fourth-order valence-corrected chi connectivity index (χ4v) is 2.73. The van der Waals surface area contributed by atoms with Crippen LogP contribution in [0, 0.1) is 11.8 Å². The number of nitrogens with zero attached hydrogens (tertiary/aromatic N) is 2. The Morgan fingerprint density at radius 2 is 2.00 bits per heavy atom. The zero-order valence-electron chi connectivity index (χ0n) is 10.2. The van der Waals surface area contributed by atoms with Crippen LogP contribution in [0.3, 0.4) is 0 Å². The standard InChI is InChI=1S/C13H17BrN2O/c1-9-5-10(2)8-16(7-9)13(17)12-4-3-11(14)6-15-12/h3-4,6,9-10H,5,7-8H2,1-2H3. The van der Waals surface area contributed by atoms with E-state index in [0.717, 1.165) is 17.6 Å². The summed E-state index contributed by atoms with van der Waals surface area (Å²) in [6.45, 7) is 6.09. The average Bonchev–Trinajstić information content (AvgIpc) is 2.28. The first-order valence-corrected chi connectivity index (χ1v) is 6.76. The molecule has 1 amide bonds. The van der Waals surface area contributed by atoms with Crippen LogP contribution in [0.2, 0.25) is 0 Å². The van der Waals surface area contributed by atoms with Crippen molar-refractivity contribution in [2.24, 2.45) is 11.8 Å². The molecule has 0 aromatic carbocycles. The Morgan fingerprint density at radius 1 is 1.35 bits per heavy atom. The Bertz CT molecular complexity index is 394. The summed E-state index contributed by atoms with van der Waals surface area (Å²) in [6.07, 6.45) is 2.88. The maximum Gasteiger partial charge on any atom is 0.272 e. The van der Waals surface area contributed by atoms with Gasteiger partial charge in [0.2, 0.25) is 0 Å². The van der Waals surface area contributed by atoms with E-state index in [1.807, 2.05) is 11.0 Å². The molecule has 0 radical (unpaired) electrons. The lowest BCUT2D eigenvalue weighted by Crippen LogP contribution is -2.42. The molecule has 2 rings (SSSR count). The number of carbonyl (C=O) groups excluding carboxylic acids is 1. The van der Waals surface area contributed by atoms with Gasteiger partial charge in [0.1, 0.15) is 5.69 Å². The van der Waals surface area contributed by atoms with Gasteiger partial charge < -0.3 is 4.90 Å². The van der Waals surface area contributed by atoms with Crippen molar-refractivity contribution in [1.29, 1.82) is 0 Å². The first-order chi connectivity index (χ1) is 8.06. The third kappa shape index (κ3) is 3.06. The van der Waals surface area contributed by atoms with Gasteiger partial charge in [-0.15, -0.1) is 0 Å². The number of hydrogen-bond acceptors (Lipinski definition) is 2. The molecule has 1 aliphatic rings. The molecular weight excluding hydrogens is 280 g/mol. The number of amides is 1. The first kappa shape index (κ1) is 12.6.